The van der Waals surface area contributed by atoms with E-state index in [2.05, 4.69) is 10.0 Å². The van der Waals surface area contributed by atoms with Gasteiger partial charge in [0.2, 0.25) is 0 Å². The van der Waals surface area contributed by atoms with Crippen molar-refractivity contribution in [1.29, 1.82) is 0 Å². The van der Waals surface area contributed by atoms with Crippen molar-refractivity contribution in [2.75, 3.05) is 0 Å². The van der Waals surface area contributed by atoms with Gasteiger partial charge in [0.05, 0.1) is 10.0 Å². The highest BCUT2D eigenvalue weighted by molar-refractivity contribution is 6.35. The van der Waals surface area contributed by atoms with Crippen LogP contribution >= 0.6 is 23.2 Å². The molecule has 1 rings (SSSR count). The van der Waals surface area contributed by atoms with Crippen molar-refractivity contribution in [3.05, 3.63) is 38.4 Å². The maximum absolute atomic E-state index is 12.8. The van der Waals surface area contributed by atoms with Crippen LogP contribution < -0.4 is 0 Å². The van der Waals surface area contributed by atoms with Crippen LogP contribution in [0.25, 0.3) is 10.4 Å². The molecule has 0 saturated carbocycles. The van der Waals surface area contributed by atoms with E-state index >= 15 is 0 Å². The number of benzene rings is 1. The fourth-order valence-electron chi connectivity index (χ4n) is 0.652. The Labute approximate surface area is 77.3 Å². The van der Waals surface area contributed by atoms with Crippen LogP contribution in [-0.4, -0.2) is 0 Å². The van der Waals surface area contributed by atoms with Gasteiger partial charge in [-0.15, -0.1) is 0 Å². The number of hydrogen-bond acceptors (Lipinski definition) is 1. The van der Waals surface area contributed by atoms with E-state index in [1.807, 2.05) is 0 Å². The van der Waals surface area contributed by atoms with Crippen molar-refractivity contribution in [2.24, 2.45) is 5.11 Å². The molecule has 62 valence electrons. The van der Waals surface area contributed by atoms with E-state index < -0.39 is 5.82 Å². The van der Waals surface area contributed by atoms with Gasteiger partial charge in [-0.1, -0.05) is 28.3 Å². The van der Waals surface area contributed by atoms with Crippen LogP contribution in [0.1, 0.15) is 0 Å². The quantitative estimate of drug-likeness (QED) is 0.287. The van der Waals surface area contributed by atoms with Crippen molar-refractivity contribution in [3.8, 4) is 0 Å². The second kappa shape index (κ2) is 3.63. The fraction of sp³-hybridized carbons (Fsp3) is 0. The first-order chi connectivity index (χ1) is 5.65. The lowest BCUT2D eigenvalue weighted by atomic mass is 10.3. The zero-order chi connectivity index (χ0) is 9.14. The third-order valence-corrected chi connectivity index (χ3v) is 1.68. The smallest absolute Gasteiger partial charge is 0.160 e. The van der Waals surface area contributed by atoms with Gasteiger partial charge in [-0.05, 0) is 17.7 Å². The third kappa shape index (κ3) is 1.80. The van der Waals surface area contributed by atoms with E-state index in [-0.39, 0.29) is 15.7 Å². The second-order valence-corrected chi connectivity index (χ2v) is 2.73. The number of halogens is 3. The summed E-state index contributed by atoms with van der Waals surface area (Å²) in [6, 6.07) is 2.39. The van der Waals surface area contributed by atoms with Gasteiger partial charge < -0.3 is 0 Å². The van der Waals surface area contributed by atoms with Gasteiger partial charge in [0, 0.05) is 10.6 Å². The van der Waals surface area contributed by atoms with Gasteiger partial charge in [-0.2, -0.15) is 0 Å². The highest BCUT2D eigenvalue weighted by atomic mass is 35.5. The molecule has 0 spiro atoms. The van der Waals surface area contributed by atoms with E-state index in [0.717, 1.165) is 0 Å². The Morgan fingerprint density at radius 3 is 2.25 bits per heavy atom. The van der Waals surface area contributed by atoms with E-state index in [0.29, 0.717) is 0 Å². The molecule has 6 heteroatoms. The molecule has 0 bridgehead atoms. The molecule has 0 aliphatic heterocycles. The van der Waals surface area contributed by atoms with Gasteiger partial charge in [-0.3, -0.25) is 0 Å². The Morgan fingerprint density at radius 1 is 1.33 bits per heavy atom. The van der Waals surface area contributed by atoms with Gasteiger partial charge in [-0.25, -0.2) is 4.39 Å². The molecule has 1 aromatic rings. The molecule has 0 fully saturated rings. The maximum atomic E-state index is 12.8. The maximum Gasteiger partial charge on any atom is 0.160 e. The molecular weight excluding hydrogens is 204 g/mol. The first-order valence-corrected chi connectivity index (χ1v) is 3.60. The van der Waals surface area contributed by atoms with Crippen molar-refractivity contribution in [1.82, 2.24) is 0 Å². The molecule has 0 unspecified atom stereocenters. The number of rotatable bonds is 1. The predicted octanol–water partition coefficient (Wildman–Crippen LogP) is 4.07. The monoisotopic (exact) mass is 205 g/mol. The standard InChI is InChI=1S/C6H2Cl2FN3/c7-4-1-3(11-12-10)2-5(8)6(4)9/h1-2H. The van der Waals surface area contributed by atoms with Crippen LogP contribution in [0.5, 0.6) is 0 Å². The molecule has 0 heterocycles. The van der Waals surface area contributed by atoms with Crippen molar-refractivity contribution in [3.63, 3.8) is 0 Å². The molecule has 0 saturated heterocycles. The summed E-state index contributed by atoms with van der Waals surface area (Å²) in [5, 5.41) is 2.89. The predicted molar refractivity (Wildman–Crippen MR) is 45.2 cm³/mol. The SMILES string of the molecule is [N-]=[N+]=Nc1cc(Cl)c(F)c(Cl)c1. The molecule has 12 heavy (non-hydrogen) atoms. The highest BCUT2D eigenvalue weighted by Crippen LogP contribution is 2.28. The summed E-state index contributed by atoms with van der Waals surface area (Å²) in [7, 11) is 0. The summed E-state index contributed by atoms with van der Waals surface area (Å²) in [5.41, 5.74) is 8.24. The largest absolute Gasteiger partial charge is 0.204 e. The topological polar surface area (TPSA) is 48.8 Å². The van der Waals surface area contributed by atoms with Gasteiger partial charge >= 0.3 is 0 Å². The first-order valence-electron chi connectivity index (χ1n) is 2.85. The lowest BCUT2D eigenvalue weighted by Crippen LogP contribution is -1.77. The van der Waals surface area contributed by atoms with Crippen LogP contribution in [0, 0.1) is 5.82 Å². The molecule has 0 aliphatic carbocycles. The summed E-state index contributed by atoms with van der Waals surface area (Å²) in [4.78, 5) is 2.50. The van der Waals surface area contributed by atoms with Crippen molar-refractivity contribution < 1.29 is 4.39 Å². The van der Waals surface area contributed by atoms with Crippen LogP contribution in [0.4, 0.5) is 10.1 Å². The summed E-state index contributed by atoms with van der Waals surface area (Å²) in [5.74, 6) is -0.713. The lowest BCUT2D eigenvalue weighted by Gasteiger charge is -1.97. The van der Waals surface area contributed by atoms with Crippen LogP contribution in [0.3, 0.4) is 0 Å². The molecule has 3 nitrogen and oxygen atoms in total. The van der Waals surface area contributed by atoms with Crippen LogP contribution in [0.2, 0.25) is 10.0 Å². The van der Waals surface area contributed by atoms with E-state index in [1.54, 1.807) is 0 Å². The molecule has 1 aromatic carbocycles. The molecule has 0 amide bonds. The van der Waals surface area contributed by atoms with Crippen molar-refractivity contribution in [2.45, 2.75) is 0 Å². The number of hydrogen-bond donors (Lipinski definition) is 0. The van der Waals surface area contributed by atoms with Crippen LogP contribution in [0.15, 0.2) is 17.2 Å². The number of azide groups is 1. The van der Waals surface area contributed by atoms with E-state index in [4.69, 9.17) is 28.7 Å². The molecule has 0 aliphatic rings. The summed E-state index contributed by atoms with van der Waals surface area (Å²) < 4.78 is 12.8. The summed E-state index contributed by atoms with van der Waals surface area (Å²) in [6.45, 7) is 0. The average molecular weight is 206 g/mol. The Morgan fingerprint density at radius 2 is 1.83 bits per heavy atom. The molecule has 0 atom stereocenters. The minimum Gasteiger partial charge on any atom is -0.204 e. The summed E-state index contributed by atoms with van der Waals surface area (Å²) in [6.07, 6.45) is 0. The molecule has 0 aromatic heterocycles. The third-order valence-electron chi connectivity index (χ3n) is 1.13. The molecular formula is C6H2Cl2FN3. The zero-order valence-corrected chi connectivity index (χ0v) is 7.14. The Bertz CT molecular complexity index is 337. The van der Waals surface area contributed by atoms with E-state index in [1.165, 1.54) is 12.1 Å². The Hall–Kier alpha value is -0.960. The average Bonchev–Trinajstić information content (AvgIpc) is 2.01. The molecule has 0 radical (unpaired) electrons. The van der Waals surface area contributed by atoms with Crippen molar-refractivity contribution >= 4 is 28.9 Å². The van der Waals surface area contributed by atoms with Gasteiger partial charge in [0.15, 0.2) is 5.82 Å². The summed E-state index contributed by atoms with van der Waals surface area (Å²) >= 11 is 10.8. The second-order valence-electron chi connectivity index (χ2n) is 1.91. The lowest BCUT2D eigenvalue weighted by molar-refractivity contribution is 0.629. The minimum atomic E-state index is -0.713. The zero-order valence-electron chi connectivity index (χ0n) is 5.63. The van der Waals surface area contributed by atoms with Gasteiger partial charge in [0.1, 0.15) is 0 Å². The first kappa shape index (κ1) is 9.13. The number of nitrogens with zero attached hydrogens (tertiary/aromatic N) is 3. The van der Waals surface area contributed by atoms with Crippen LogP contribution in [-0.2, 0) is 0 Å². The molecule has 0 N–H and O–H groups in total. The normalized spacial score (nSPS) is 9.25. The minimum absolute atomic E-state index is 0.162. The van der Waals surface area contributed by atoms with E-state index in [9.17, 15) is 4.39 Å². The van der Waals surface area contributed by atoms with Gasteiger partial charge in [0.25, 0.3) is 0 Å². The fourth-order valence-corrected chi connectivity index (χ4v) is 1.13. The Kier molecular flexibility index (Phi) is 2.76. The Balaban J connectivity index is 3.30. The highest BCUT2D eigenvalue weighted by Gasteiger charge is 2.05.